The van der Waals surface area contributed by atoms with Crippen molar-refractivity contribution in [1.82, 2.24) is 4.98 Å². The monoisotopic (exact) mass is 386 g/mol. The minimum Gasteiger partial charge on any atom is -0.407 e. The summed E-state index contributed by atoms with van der Waals surface area (Å²) >= 11 is 0. The van der Waals surface area contributed by atoms with Crippen molar-refractivity contribution >= 4 is 12.2 Å². The Morgan fingerprint density at radius 3 is 2.79 bits per heavy atom. The molecule has 0 aliphatic heterocycles. The number of benzene rings is 1. The molecule has 2 atom stereocenters. The molecule has 29 heavy (non-hydrogen) atoms. The average Bonchev–Trinajstić information content (AvgIpc) is 2.72. The van der Waals surface area contributed by atoms with Crippen molar-refractivity contribution in [2.45, 2.75) is 45.6 Å². The Morgan fingerprint density at radius 1 is 1.28 bits per heavy atom. The van der Waals surface area contributed by atoms with Gasteiger partial charge in [0, 0.05) is 43.0 Å². The van der Waals surface area contributed by atoms with E-state index < -0.39 is 5.54 Å². The van der Waals surface area contributed by atoms with E-state index in [1.165, 1.54) is 11.1 Å². The Hall–Kier alpha value is -3.01. The third-order valence-electron chi connectivity index (χ3n) is 5.76. The van der Waals surface area contributed by atoms with Gasteiger partial charge in [0.25, 0.3) is 0 Å². The van der Waals surface area contributed by atoms with E-state index in [0.29, 0.717) is 12.3 Å². The first kappa shape index (κ1) is 19.3. The minimum atomic E-state index is -0.456. The molecule has 0 saturated carbocycles. The number of aromatic nitrogens is 1. The number of fused-ring (bicyclic) bond motifs is 4. The van der Waals surface area contributed by atoms with Crippen LogP contribution in [0.2, 0.25) is 0 Å². The van der Waals surface area contributed by atoms with Crippen LogP contribution in [-0.2, 0) is 16.8 Å². The van der Waals surface area contributed by atoms with E-state index in [0.717, 1.165) is 29.7 Å². The standard InChI is InChI=1S/C25H26N2O2/c1-4-20-19-13-17(3)15-25(20,26-16-18-9-7-6-8-10-18)21-11-12-23(27-22(21)14-19)29-24(28)5-2/h4,6-13,16,19H,5,14-15H2,1-3H3/b20-4+,26-16?. The van der Waals surface area contributed by atoms with Crippen LogP contribution in [0, 0.1) is 5.92 Å². The van der Waals surface area contributed by atoms with Crippen LogP contribution in [0.3, 0.4) is 0 Å². The maximum absolute atomic E-state index is 11.7. The number of esters is 1. The molecule has 1 heterocycles. The van der Waals surface area contributed by atoms with Crippen molar-refractivity contribution < 1.29 is 9.53 Å². The molecule has 0 amide bonds. The van der Waals surface area contributed by atoms with Crippen LogP contribution in [0.1, 0.15) is 50.4 Å². The van der Waals surface area contributed by atoms with Gasteiger partial charge in [0.2, 0.25) is 5.88 Å². The fraction of sp³-hybridized carbons (Fsp3) is 0.320. The first-order valence-corrected chi connectivity index (χ1v) is 10.2. The van der Waals surface area contributed by atoms with Gasteiger partial charge in [-0.15, -0.1) is 0 Å². The molecular weight excluding hydrogens is 360 g/mol. The second-order valence-electron chi connectivity index (χ2n) is 7.74. The van der Waals surface area contributed by atoms with Gasteiger partial charge < -0.3 is 4.74 Å². The lowest BCUT2D eigenvalue weighted by Gasteiger charge is -2.45. The lowest BCUT2D eigenvalue weighted by atomic mass is 9.63. The highest BCUT2D eigenvalue weighted by molar-refractivity contribution is 5.80. The number of pyridine rings is 1. The fourth-order valence-corrected chi connectivity index (χ4v) is 4.56. The van der Waals surface area contributed by atoms with Gasteiger partial charge in [0.15, 0.2) is 0 Å². The number of nitrogens with zero attached hydrogens (tertiary/aromatic N) is 2. The molecule has 2 unspecified atom stereocenters. The highest BCUT2D eigenvalue weighted by Crippen LogP contribution is 2.52. The zero-order chi connectivity index (χ0) is 20.4. The normalized spacial score (nSPS) is 24.3. The molecule has 2 aromatic rings. The van der Waals surface area contributed by atoms with Gasteiger partial charge in [-0.1, -0.05) is 55.0 Å². The van der Waals surface area contributed by atoms with Crippen molar-refractivity contribution in [2.75, 3.05) is 0 Å². The fourth-order valence-electron chi connectivity index (χ4n) is 4.56. The van der Waals surface area contributed by atoms with Crippen LogP contribution in [0.25, 0.3) is 0 Å². The maximum Gasteiger partial charge on any atom is 0.312 e. The van der Waals surface area contributed by atoms with Gasteiger partial charge in [-0.05, 0) is 31.1 Å². The van der Waals surface area contributed by atoms with Crippen LogP contribution in [0.5, 0.6) is 5.88 Å². The number of carbonyl (C=O) groups excluding carboxylic acids is 1. The number of aliphatic imine (C=N–C) groups is 1. The van der Waals surface area contributed by atoms with Gasteiger partial charge >= 0.3 is 5.97 Å². The molecule has 4 nitrogen and oxygen atoms in total. The van der Waals surface area contributed by atoms with Crippen molar-refractivity contribution in [3.8, 4) is 5.88 Å². The molecule has 0 fully saturated rings. The van der Waals surface area contributed by atoms with Crippen molar-refractivity contribution in [1.29, 1.82) is 0 Å². The summed E-state index contributed by atoms with van der Waals surface area (Å²) in [4.78, 5) is 21.6. The third kappa shape index (κ3) is 3.55. The smallest absolute Gasteiger partial charge is 0.312 e. The van der Waals surface area contributed by atoms with E-state index in [1.807, 2.05) is 30.5 Å². The van der Waals surface area contributed by atoms with E-state index in [-0.39, 0.29) is 11.9 Å². The summed E-state index contributed by atoms with van der Waals surface area (Å²) in [6.07, 6.45) is 8.48. The van der Waals surface area contributed by atoms with E-state index in [4.69, 9.17) is 14.7 Å². The number of hydrogen-bond donors (Lipinski definition) is 0. The van der Waals surface area contributed by atoms with Crippen LogP contribution in [-0.4, -0.2) is 17.2 Å². The highest BCUT2D eigenvalue weighted by Gasteiger charge is 2.46. The van der Waals surface area contributed by atoms with E-state index in [2.05, 4.69) is 38.1 Å². The molecule has 4 heteroatoms. The van der Waals surface area contributed by atoms with Crippen LogP contribution >= 0.6 is 0 Å². The lowest BCUT2D eigenvalue weighted by molar-refractivity contribution is -0.134. The Balaban J connectivity index is 1.83. The molecule has 1 aromatic carbocycles. The number of allylic oxidation sites excluding steroid dienone is 2. The van der Waals surface area contributed by atoms with Crippen LogP contribution < -0.4 is 4.74 Å². The van der Waals surface area contributed by atoms with E-state index >= 15 is 0 Å². The van der Waals surface area contributed by atoms with Gasteiger partial charge in [-0.25, -0.2) is 4.98 Å². The van der Waals surface area contributed by atoms with Gasteiger partial charge in [0.05, 0.1) is 5.69 Å². The summed E-state index contributed by atoms with van der Waals surface area (Å²) in [6, 6.07) is 14.0. The summed E-state index contributed by atoms with van der Waals surface area (Å²) in [5, 5.41) is 0. The molecule has 2 aliphatic carbocycles. The summed E-state index contributed by atoms with van der Waals surface area (Å²) in [5.41, 5.74) is 5.37. The summed E-state index contributed by atoms with van der Waals surface area (Å²) in [6.45, 7) is 6.06. The number of hydrogen-bond acceptors (Lipinski definition) is 4. The molecule has 148 valence electrons. The topological polar surface area (TPSA) is 51.5 Å². The van der Waals surface area contributed by atoms with Gasteiger partial charge in [-0.3, -0.25) is 9.79 Å². The van der Waals surface area contributed by atoms with Gasteiger partial charge in [0.1, 0.15) is 5.54 Å². The minimum absolute atomic E-state index is 0.263. The highest BCUT2D eigenvalue weighted by atomic mass is 16.5. The largest absolute Gasteiger partial charge is 0.407 e. The lowest BCUT2D eigenvalue weighted by Crippen LogP contribution is -2.39. The Kier molecular flexibility index (Phi) is 5.18. The number of carbonyl (C=O) groups is 1. The summed E-state index contributed by atoms with van der Waals surface area (Å²) < 4.78 is 5.37. The first-order chi connectivity index (χ1) is 14.1. The maximum atomic E-state index is 11.7. The summed E-state index contributed by atoms with van der Waals surface area (Å²) in [5.74, 6) is 0.370. The first-order valence-electron chi connectivity index (χ1n) is 10.2. The number of ether oxygens (including phenoxy) is 1. The van der Waals surface area contributed by atoms with Crippen molar-refractivity contribution in [3.05, 3.63) is 82.6 Å². The predicted octanol–water partition coefficient (Wildman–Crippen LogP) is 5.18. The molecule has 0 saturated heterocycles. The second kappa shape index (κ2) is 7.78. The zero-order valence-electron chi connectivity index (χ0n) is 17.2. The zero-order valence-corrected chi connectivity index (χ0v) is 17.2. The number of rotatable bonds is 4. The Bertz CT molecular complexity index is 1020. The molecule has 2 bridgehead atoms. The molecule has 2 aliphatic rings. The van der Waals surface area contributed by atoms with Crippen molar-refractivity contribution in [2.24, 2.45) is 10.9 Å². The second-order valence-corrected chi connectivity index (χ2v) is 7.74. The molecule has 0 radical (unpaired) electrons. The van der Waals surface area contributed by atoms with Crippen LogP contribution in [0.4, 0.5) is 0 Å². The average molecular weight is 386 g/mol. The molecule has 4 rings (SSSR count). The predicted molar refractivity (Wildman–Crippen MR) is 115 cm³/mol. The van der Waals surface area contributed by atoms with E-state index in [1.54, 1.807) is 13.0 Å². The van der Waals surface area contributed by atoms with Crippen LogP contribution in [0.15, 0.2) is 70.8 Å². The molecular formula is C25H26N2O2. The molecule has 0 N–H and O–H groups in total. The van der Waals surface area contributed by atoms with Gasteiger partial charge in [-0.2, -0.15) is 0 Å². The summed E-state index contributed by atoms with van der Waals surface area (Å²) in [7, 11) is 0. The molecule has 0 spiro atoms. The third-order valence-corrected chi connectivity index (χ3v) is 5.76. The SMILES string of the molecule is C/C=C1\C2C=C(C)CC1(N=Cc1ccccc1)c1ccc(OC(=O)CC)nc1C2. The quantitative estimate of drug-likeness (QED) is 0.413. The molecule has 1 aromatic heterocycles. The van der Waals surface area contributed by atoms with E-state index in [9.17, 15) is 4.79 Å². The van der Waals surface area contributed by atoms with Crippen molar-refractivity contribution in [3.63, 3.8) is 0 Å². The Labute approximate surface area is 172 Å². The Morgan fingerprint density at radius 2 is 2.07 bits per heavy atom.